The average molecular weight is 573 g/mol. The summed E-state index contributed by atoms with van der Waals surface area (Å²) in [5, 5.41) is 21.9. The molecule has 198 valence electrons. The van der Waals surface area contributed by atoms with Gasteiger partial charge < -0.3 is 0 Å². The van der Waals surface area contributed by atoms with Crippen LogP contribution in [-0.2, 0) is 0 Å². The standard InChI is InChI=1S/C32H21ClN6OS/c33-24-18-16-22(17-19-24)28-21-41-32(38(28)25-12-6-2-7-13-25)36-35-31(40)29-27(20-34)30(23-10-4-1-5-11-23)39(37-29)26-14-8-3-9-15-26/h1-19,21H,(H,35,40)/b36-32+. The van der Waals surface area contributed by atoms with Gasteiger partial charge in [-0.05, 0) is 42.0 Å². The lowest BCUT2D eigenvalue weighted by molar-refractivity contribution is 0.0947. The second-order valence-corrected chi connectivity index (χ2v) is 10.2. The number of rotatable bonds is 6. The van der Waals surface area contributed by atoms with Gasteiger partial charge in [-0.25, -0.2) is 10.1 Å². The van der Waals surface area contributed by atoms with Crippen molar-refractivity contribution in [3.63, 3.8) is 0 Å². The van der Waals surface area contributed by atoms with E-state index in [0.717, 1.165) is 28.2 Å². The van der Waals surface area contributed by atoms with E-state index in [-0.39, 0.29) is 11.3 Å². The number of para-hydroxylation sites is 2. The number of carbonyl (C=O) groups excluding carboxylic acids is 1. The molecule has 0 aliphatic heterocycles. The van der Waals surface area contributed by atoms with Crippen molar-refractivity contribution in [3.8, 4) is 40.0 Å². The number of nitrogens with one attached hydrogen (secondary N) is 1. The summed E-state index contributed by atoms with van der Waals surface area (Å²) in [6.07, 6.45) is 0. The van der Waals surface area contributed by atoms with Gasteiger partial charge >= 0.3 is 0 Å². The van der Waals surface area contributed by atoms with Crippen LogP contribution in [0.3, 0.4) is 0 Å². The normalized spacial score (nSPS) is 11.3. The lowest BCUT2D eigenvalue weighted by Crippen LogP contribution is -2.25. The maximum absolute atomic E-state index is 13.5. The number of nitrogens with zero attached hydrogens (tertiary/aromatic N) is 5. The van der Waals surface area contributed by atoms with Crippen LogP contribution in [0.1, 0.15) is 16.1 Å². The Morgan fingerprint density at radius 1 is 0.829 bits per heavy atom. The predicted molar refractivity (Wildman–Crippen MR) is 161 cm³/mol. The van der Waals surface area contributed by atoms with Gasteiger partial charge in [-0.3, -0.25) is 9.36 Å². The van der Waals surface area contributed by atoms with Crippen molar-refractivity contribution in [2.75, 3.05) is 0 Å². The van der Waals surface area contributed by atoms with E-state index in [1.54, 1.807) is 4.68 Å². The molecule has 2 aromatic heterocycles. The van der Waals surface area contributed by atoms with Crippen LogP contribution in [0.15, 0.2) is 126 Å². The molecule has 0 aliphatic carbocycles. The molecule has 4 aromatic carbocycles. The highest BCUT2D eigenvalue weighted by Gasteiger charge is 2.25. The minimum atomic E-state index is -0.588. The first-order chi connectivity index (χ1) is 20.1. The third-order valence-corrected chi connectivity index (χ3v) is 7.45. The van der Waals surface area contributed by atoms with Crippen LogP contribution < -0.4 is 10.2 Å². The molecular weight excluding hydrogens is 552 g/mol. The number of hydrogen-bond donors (Lipinski definition) is 1. The molecule has 0 atom stereocenters. The number of carbonyl (C=O) groups is 1. The Bertz CT molecular complexity index is 1940. The molecule has 0 aliphatic rings. The number of halogens is 1. The second kappa shape index (κ2) is 11.5. The summed E-state index contributed by atoms with van der Waals surface area (Å²) in [6, 6.07) is 38.3. The van der Waals surface area contributed by atoms with Crippen LogP contribution in [0.5, 0.6) is 0 Å². The third kappa shape index (κ3) is 5.20. The largest absolute Gasteiger partial charge is 0.293 e. The lowest BCUT2D eigenvalue weighted by atomic mass is 10.1. The molecule has 6 rings (SSSR count). The Hall–Kier alpha value is -5.23. The topological polar surface area (TPSA) is 88.0 Å². The molecular formula is C32H21ClN6OS. The van der Waals surface area contributed by atoms with Gasteiger partial charge in [0, 0.05) is 21.7 Å². The fraction of sp³-hybridized carbons (Fsp3) is 0. The van der Waals surface area contributed by atoms with Gasteiger partial charge in [-0.1, -0.05) is 90.5 Å². The minimum Gasteiger partial charge on any atom is -0.284 e. The molecule has 0 saturated heterocycles. The Balaban J connectivity index is 1.44. The van der Waals surface area contributed by atoms with Gasteiger partial charge in [-0.2, -0.15) is 10.4 Å². The summed E-state index contributed by atoms with van der Waals surface area (Å²) in [5.74, 6) is -0.588. The molecule has 0 fully saturated rings. The molecule has 7 nitrogen and oxygen atoms in total. The number of benzene rings is 4. The van der Waals surface area contributed by atoms with Crippen molar-refractivity contribution in [3.05, 3.63) is 142 Å². The van der Waals surface area contributed by atoms with E-state index in [2.05, 4.69) is 21.7 Å². The zero-order chi connectivity index (χ0) is 28.2. The van der Waals surface area contributed by atoms with E-state index in [9.17, 15) is 10.1 Å². The first-order valence-electron chi connectivity index (χ1n) is 12.6. The first kappa shape index (κ1) is 26.0. The van der Waals surface area contributed by atoms with Crippen LogP contribution in [0, 0.1) is 11.3 Å². The van der Waals surface area contributed by atoms with E-state index in [4.69, 9.17) is 11.6 Å². The maximum atomic E-state index is 13.5. The number of thiazole rings is 1. The summed E-state index contributed by atoms with van der Waals surface area (Å²) < 4.78 is 3.58. The molecule has 2 heterocycles. The van der Waals surface area contributed by atoms with E-state index < -0.39 is 5.91 Å². The fourth-order valence-electron chi connectivity index (χ4n) is 4.49. The molecule has 0 saturated carbocycles. The highest BCUT2D eigenvalue weighted by Crippen LogP contribution is 2.29. The molecule has 0 spiro atoms. The zero-order valence-electron chi connectivity index (χ0n) is 21.5. The Morgan fingerprint density at radius 2 is 1.44 bits per heavy atom. The van der Waals surface area contributed by atoms with Crippen LogP contribution in [-0.4, -0.2) is 20.3 Å². The van der Waals surface area contributed by atoms with Crippen molar-refractivity contribution < 1.29 is 4.79 Å². The van der Waals surface area contributed by atoms with E-state index in [1.807, 2.05) is 125 Å². The molecule has 41 heavy (non-hydrogen) atoms. The summed E-state index contributed by atoms with van der Waals surface area (Å²) in [5.41, 5.74) is 7.54. The molecule has 0 radical (unpaired) electrons. The predicted octanol–water partition coefficient (Wildman–Crippen LogP) is 6.83. The molecule has 1 N–H and O–H groups in total. The van der Waals surface area contributed by atoms with Gasteiger partial charge in [0.25, 0.3) is 5.91 Å². The number of hydrogen-bond acceptors (Lipinski definition) is 5. The molecule has 0 bridgehead atoms. The molecule has 6 aromatic rings. The Labute approximate surface area is 244 Å². The van der Waals surface area contributed by atoms with Gasteiger partial charge in [0.15, 0.2) is 5.69 Å². The van der Waals surface area contributed by atoms with Crippen LogP contribution in [0.4, 0.5) is 0 Å². The quantitative estimate of drug-likeness (QED) is 0.222. The molecule has 9 heteroatoms. The summed E-state index contributed by atoms with van der Waals surface area (Å²) >= 11 is 7.50. The van der Waals surface area contributed by atoms with Crippen LogP contribution >= 0.6 is 22.9 Å². The minimum absolute atomic E-state index is 0.0142. The monoisotopic (exact) mass is 572 g/mol. The zero-order valence-corrected chi connectivity index (χ0v) is 23.0. The van der Waals surface area contributed by atoms with Crippen molar-refractivity contribution >= 4 is 28.8 Å². The smallest absolute Gasteiger partial charge is 0.284 e. The van der Waals surface area contributed by atoms with Gasteiger partial charge in [0.2, 0.25) is 4.80 Å². The van der Waals surface area contributed by atoms with Gasteiger partial charge in [0.1, 0.15) is 11.6 Å². The van der Waals surface area contributed by atoms with E-state index in [1.165, 1.54) is 11.3 Å². The first-order valence-corrected chi connectivity index (χ1v) is 13.9. The van der Waals surface area contributed by atoms with Crippen molar-refractivity contribution in [1.82, 2.24) is 19.8 Å². The summed E-state index contributed by atoms with van der Waals surface area (Å²) in [7, 11) is 0. The number of nitriles is 1. The molecule has 0 unspecified atom stereocenters. The van der Waals surface area contributed by atoms with Crippen LogP contribution in [0.2, 0.25) is 5.02 Å². The van der Waals surface area contributed by atoms with Gasteiger partial charge in [0.05, 0.1) is 17.1 Å². The SMILES string of the molecule is N#Cc1c(C(=O)N/N=c2/scc(-c3ccc(Cl)cc3)n2-c2ccccc2)nn(-c2ccccc2)c1-c1ccccc1. The van der Waals surface area contributed by atoms with E-state index >= 15 is 0 Å². The van der Waals surface area contributed by atoms with Crippen molar-refractivity contribution in [1.29, 1.82) is 5.26 Å². The van der Waals surface area contributed by atoms with Crippen molar-refractivity contribution in [2.45, 2.75) is 0 Å². The third-order valence-electron chi connectivity index (χ3n) is 6.38. The maximum Gasteiger partial charge on any atom is 0.293 e. The van der Waals surface area contributed by atoms with Gasteiger partial charge in [-0.15, -0.1) is 16.4 Å². The van der Waals surface area contributed by atoms with Crippen molar-refractivity contribution in [2.24, 2.45) is 5.10 Å². The number of amides is 1. The van der Waals surface area contributed by atoms with E-state index in [0.29, 0.717) is 15.5 Å². The fourth-order valence-corrected chi connectivity index (χ4v) is 5.48. The summed E-state index contributed by atoms with van der Waals surface area (Å²) in [6.45, 7) is 0. The summed E-state index contributed by atoms with van der Waals surface area (Å²) in [4.78, 5) is 14.1. The highest BCUT2D eigenvalue weighted by atomic mass is 35.5. The molecule has 1 amide bonds. The second-order valence-electron chi connectivity index (χ2n) is 8.93. The Morgan fingerprint density at radius 3 is 2.07 bits per heavy atom. The lowest BCUT2D eigenvalue weighted by Gasteiger charge is -2.09. The average Bonchev–Trinajstić information content (AvgIpc) is 3.64. The van der Waals surface area contributed by atoms with Crippen LogP contribution in [0.25, 0.3) is 33.9 Å². The Kier molecular flexibility index (Phi) is 7.28. The highest BCUT2D eigenvalue weighted by molar-refractivity contribution is 7.07. The number of aromatic nitrogens is 3.